The maximum atomic E-state index is 2.27. The first-order valence-electron chi connectivity index (χ1n) is 7.71. The second-order valence-electron chi connectivity index (χ2n) is 5.51. The molecule has 0 aliphatic heterocycles. The van der Waals surface area contributed by atoms with E-state index < -0.39 is 0 Å². The van der Waals surface area contributed by atoms with Gasteiger partial charge in [-0.05, 0) is 34.2 Å². The third-order valence-corrected chi connectivity index (χ3v) is 5.05. The topological polar surface area (TPSA) is 0 Å². The second-order valence-corrected chi connectivity index (χ2v) is 6.60. The summed E-state index contributed by atoms with van der Waals surface area (Å²) >= 11 is 1.85. The molecule has 1 heteroatoms. The molecule has 4 rings (SSSR count). The van der Waals surface area contributed by atoms with Crippen molar-refractivity contribution in [3.63, 3.8) is 0 Å². The maximum Gasteiger partial charge on any atom is 0.0355 e. The van der Waals surface area contributed by atoms with Crippen LogP contribution in [0.15, 0.2) is 84.9 Å². The Bertz CT molecular complexity index is 911. The van der Waals surface area contributed by atoms with Crippen LogP contribution in [0.4, 0.5) is 0 Å². The normalized spacial score (nSPS) is 11.3. The standard InChI is InChI=1S/C22H16S/c1-2-6-17(7-3-1)10-11-18-12-14-19(15-13-18)22-16-20-8-4-5-9-21(20)23-22/h1-16H/b11-10+. The zero-order chi connectivity index (χ0) is 15.5. The first-order valence-corrected chi connectivity index (χ1v) is 8.52. The monoisotopic (exact) mass is 312 g/mol. The predicted octanol–water partition coefficient (Wildman–Crippen LogP) is 6.74. The molecule has 0 bridgehead atoms. The van der Waals surface area contributed by atoms with Crippen molar-refractivity contribution < 1.29 is 0 Å². The summed E-state index contributed by atoms with van der Waals surface area (Å²) < 4.78 is 1.34. The van der Waals surface area contributed by atoms with Gasteiger partial charge in [0.2, 0.25) is 0 Å². The molecule has 0 atom stereocenters. The van der Waals surface area contributed by atoms with Crippen molar-refractivity contribution in [2.24, 2.45) is 0 Å². The van der Waals surface area contributed by atoms with E-state index in [9.17, 15) is 0 Å². The lowest BCUT2D eigenvalue weighted by Crippen LogP contribution is -1.75. The first kappa shape index (κ1) is 14.0. The number of benzene rings is 3. The van der Waals surface area contributed by atoms with Gasteiger partial charge in [-0.3, -0.25) is 0 Å². The molecular formula is C22H16S. The molecule has 3 aromatic carbocycles. The average molecular weight is 312 g/mol. The van der Waals surface area contributed by atoms with Gasteiger partial charge in [-0.15, -0.1) is 11.3 Å². The molecule has 23 heavy (non-hydrogen) atoms. The van der Waals surface area contributed by atoms with Gasteiger partial charge < -0.3 is 0 Å². The van der Waals surface area contributed by atoms with Crippen LogP contribution in [0.25, 0.3) is 32.7 Å². The Kier molecular flexibility index (Phi) is 3.79. The molecule has 0 saturated carbocycles. The van der Waals surface area contributed by atoms with Crippen LogP contribution in [0.3, 0.4) is 0 Å². The molecule has 0 amide bonds. The third-order valence-electron chi connectivity index (χ3n) is 3.89. The molecule has 0 unspecified atom stereocenters. The van der Waals surface area contributed by atoms with Crippen LogP contribution >= 0.6 is 11.3 Å². The van der Waals surface area contributed by atoms with Crippen LogP contribution < -0.4 is 0 Å². The van der Waals surface area contributed by atoms with E-state index >= 15 is 0 Å². The molecule has 4 aromatic rings. The number of fused-ring (bicyclic) bond motifs is 1. The van der Waals surface area contributed by atoms with Crippen molar-refractivity contribution in [2.45, 2.75) is 0 Å². The van der Waals surface area contributed by atoms with Gasteiger partial charge in [-0.2, -0.15) is 0 Å². The number of rotatable bonds is 3. The van der Waals surface area contributed by atoms with Gasteiger partial charge >= 0.3 is 0 Å². The van der Waals surface area contributed by atoms with E-state index in [1.165, 1.54) is 31.7 Å². The minimum absolute atomic E-state index is 1.22. The summed E-state index contributed by atoms with van der Waals surface area (Å²) in [5.41, 5.74) is 3.72. The maximum absolute atomic E-state index is 2.27. The van der Waals surface area contributed by atoms with E-state index in [2.05, 4.69) is 91.0 Å². The van der Waals surface area contributed by atoms with Crippen molar-refractivity contribution in [3.8, 4) is 10.4 Å². The Morgan fingerprint density at radius 1 is 0.609 bits per heavy atom. The number of thiophene rings is 1. The van der Waals surface area contributed by atoms with Gasteiger partial charge in [0.1, 0.15) is 0 Å². The fraction of sp³-hybridized carbons (Fsp3) is 0. The third kappa shape index (κ3) is 3.10. The molecule has 0 saturated heterocycles. The lowest BCUT2D eigenvalue weighted by atomic mass is 10.1. The molecule has 0 N–H and O–H groups in total. The Morgan fingerprint density at radius 3 is 2.00 bits per heavy atom. The van der Waals surface area contributed by atoms with E-state index in [4.69, 9.17) is 0 Å². The Balaban J connectivity index is 1.59. The van der Waals surface area contributed by atoms with Crippen molar-refractivity contribution >= 4 is 33.6 Å². The van der Waals surface area contributed by atoms with E-state index in [1.807, 2.05) is 17.4 Å². The van der Waals surface area contributed by atoms with Crippen LogP contribution in [0.5, 0.6) is 0 Å². The van der Waals surface area contributed by atoms with Crippen LogP contribution in [0.2, 0.25) is 0 Å². The SMILES string of the molecule is C(=C\c1ccc(-c2cc3ccccc3s2)cc1)/c1ccccc1. The lowest BCUT2D eigenvalue weighted by Gasteiger charge is -1.99. The molecule has 1 heterocycles. The van der Waals surface area contributed by atoms with Gasteiger partial charge in [-0.1, -0.05) is 84.9 Å². The van der Waals surface area contributed by atoms with Gasteiger partial charge in [0.05, 0.1) is 0 Å². The lowest BCUT2D eigenvalue weighted by molar-refractivity contribution is 1.64. The van der Waals surface area contributed by atoms with Crippen molar-refractivity contribution in [1.82, 2.24) is 0 Å². The van der Waals surface area contributed by atoms with Gasteiger partial charge in [0.15, 0.2) is 0 Å². The smallest absolute Gasteiger partial charge is 0.0355 e. The highest BCUT2D eigenvalue weighted by Crippen LogP contribution is 2.33. The van der Waals surface area contributed by atoms with Crippen LogP contribution in [0.1, 0.15) is 11.1 Å². The molecule has 110 valence electrons. The minimum Gasteiger partial charge on any atom is -0.135 e. The fourth-order valence-corrected chi connectivity index (χ4v) is 3.71. The van der Waals surface area contributed by atoms with Crippen LogP contribution in [-0.4, -0.2) is 0 Å². The zero-order valence-electron chi connectivity index (χ0n) is 12.6. The first-order chi connectivity index (χ1) is 11.4. The predicted molar refractivity (Wildman–Crippen MR) is 103 cm³/mol. The minimum atomic E-state index is 1.22. The van der Waals surface area contributed by atoms with E-state index in [0.717, 1.165) is 0 Å². The van der Waals surface area contributed by atoms with E-state index in [0.29, 0.717) is 0 Å². The summed E-state index contributed by atoms with van der Waals surface area (Å²) in [5.74, 6) is 0. The largest absolute Gasteiger partial charge is 0.135 e. The highest BCUT2D eigenvalue weighted by atomic mass is 32.1. The summed E-state index contributed by atoms with van der Waals surface area (Å²) in [6, 6.07) is 30.0. The Labute approximate surface area is 140 Å². The second kappa shape index (κ2) is 6.23. The average Bonchev–Trinajstić information content (AvgIpc) is 3.05. The number of hydrogen-bond donors (Lipinski definition) is 0. The van der Waals surface area contributed by atoms with Gasteiger partial charge in [0.25, 0.3) is 0 Å². The molecule has 0 aliphatic rings. The van der Waals surface area contributed by atoms with Crippen molar-refractivity contribution in [1.29, 1.82) is 0 Å². The molecule has 0 aliphatic carbocycles. The molecular weight excluding hydrogens is 296 g/mol. The molecule has 0 radical (unpaired) electrons. The fourth-order valence-electron chi connectivity index (χ4n) is 2.64. The van der Waals surface area contributed by atoms with Gasteiger partial charge in [0, 0.05) is 9.58 Å². The Hall–Kier alpha value is -2.64. The van der Waals surface area contributed by atoms with Crippen molar-refractivity contribution in [2.75, 3.05) is 0 Å². The van der Waals surface area contributed by atoms with E-state index in [-0.39, 0.29) is 0 Å². The quantitative estimate of drug-likeness (QED) is 0.367. The summed E-state index contributed by atoms with van der Waals surface area (Å²) in [6.45, 7) is 0. The summed E-state index contributed by atoms with van der Waals surface area (Å²) in [7, 11) is 0. The molecule has 0 spiro atoms. The van der Waals surface area contributed by atoms with Crippen LogP contribution in [-0.2, 0) is 0 Å². The highest BCUT2D eigenvalue weighted by molar-refractivity contribution is 7.22. The van der Waals surface area contributed by atoms with Crippen LogP contribution in [0, 0.1) is 0 Å². The molecule has 1 aromatic heterocycles. The van der Waals surface area contributed by atoms with Crippen molar-refractivity contribution in [3.05, 3.63) is 96.1 Å². The summed E-state index contributed by atoms with van der Waals surface area (Å²) in [4.78, 5) is 1.32. The molecule has 0 fully saturated rings. The Morgan fingerprint density at radius 2 is 1.26 bits per heavy atom. The zero-order valence-corrected chi connectivity index (χ0v) is 13.5. The molecule has 0 nitrogen and oxygen atoms in total. The number of hydrogen-bond acceptors (Lipinski definition) is 1. The van der Waals surface area contributed by atoms with Gasteiger partial charge in [-0.25, -0.2) is 0 Å². The van der Waals surface area contributed by atoms with E-state index in [1.54, 1.807) is 0 Å². The summed E-state index contributed by atoms with van der Waals surface area (Å²) in [6.07, 6.45) is 4.30. The highest BCUT2D eigenvalue weighted by Gasteiger charge is 2.03. The summed E-state index contributed by atoms with van der Waals surface area (Å²) in [5, 5.41) is 1.32.